The zero-order valence-electron chi connectivity index (χ0n) is 11.9. The Bertz CT molecular complexity index is 603. The summed E-state index contributed by atoms with van der Waals surface area (Å²) in [5.74, 6) is 0.676. The summed E-state index contributed by atoms with van der Waals surface area (Å²) >= 11 is 0. The van der Waals surface area contributed by atoms with Crippen molar-refractivity contribution in [1.82, 2.24) is 4.90 Å². The number of methoxy groups -OCH3 is 1. The Kier molecular flexibility index (Phi) is 4.29. The van der Waals surface area contributed by atoms with Crippen molar-refractivity contribution in [2.24, 2.45) is 0 Å². The number of para-hydroxylation sites is 1. The molecule has 0 aliphatic carbocycles. The van der Waals surface area contributed by atoms with Crippen LogP contribution in [0.4, 0.5) is 0 Å². The van der Waals surface area contributed by atoms with E-state index in [9.17, 15) is 9.90 Å². The number of furan rings is 1. The molecule has 0 saturated carbocycles. The third kappa shape index (κ3) is 2.93. The second kappa shape index (κ2) is 5.96. The molecule has 1 unspecified atom stereocenters. The summed E-state index contributed by atoms with van der Waals surface area (Å²) < 4.78 is 10.8. The molecule has 0 aliphatic rings. The molecule has 2 aromatic rings. The molecule has 1 aromatic carbocycles. The molecule has 0 aliphatic heterocycles. The normalized spacial score (nSPS) is 12.4. The molecule has 0 fully saturated rings. The maximum atomic E-state index is 12.2. The van der Waals surface area contributed by atoms with E-state index >= 15 is 0 Å². The van der Waals surface area contributed by atoms with E-state index in [1.807, 2.05) is 12.1 Å². The van der Waals surface area contributed by atoms with E-state index < -0.39 is 6.10 Å². The first kappa shape index (κ1) is 14.4. The van der Waals surface area contributed by atoms with Gasteiger partial charge in [-0.1, -0.05) is 12.1 Å². The number of aliphatic hydroxyl groups excluding tert-OH is 1. The number of hydrogen-bond acceptors (Lipinski definition) is 4. The van der Waals surface area contributed by atoms with Crippen LogP contribution < -0.4 is 4.74 Å². The number of carbonyl (C=O) groups excluding carboxylic acids is 1. The predicted octanol–water partition coefficient (Wildman–Crippen LogP) is 2.28. The number of rotatable bonds is 5. The fourth-order valence-electron chi connectivity index (χ4n) is 1.97. The minimum atomic E-state index is -0.430. The molecule has 1 amide bonds. The van der Waals surface area contributed by atoms with Crippen molar-refractivity contribution in [3.63, 3.8) is 0 Å². The molecular formula is C15H19NO4. The molecule has 1 aromatic heterocycles. The Balaban J connectivity index is 2.22. The van der Waals surface area contributed by atoms with Crippen LogP contribution in [0.2, 0.25) is 0 Å². The minimum Gasteiger partial charge on any atom is -0.493 e. The van der Waals surface area contributed by atoms with E-state index in [4.69, 9.17) is 9.15 Å². The molecule has 20 heavy (non-hydrogen) atoms. The fraction of sp³-hybridized carbons (Fsp3) is 0.400. The van der Waals surface area contributed by atoms with Crippen molar-refractivity contribution >= 4 is 16.9 Å². The summed E-state index contributed by atoms with van der Waals surface area (Å²) in [6.45, 7) is 2.18. The maximum Gasteiger partial charge on any atom is 0.289 e. The van der Waals surface area contributed by atoms with Crippen molar-refractivity contribution in [2.45, 2.75) is 19.4 Å². The first-order valence-electron chi connectivity index (χ1n) is 6.53. The van der Waals surface area contributed by atoms with Crippen LogP contribution in [0.1, 0.15) is 23.9 Å². The van der Waals surface area contributed by atoms with Crippen LogP contribution >= 0.6 is 0 Å². The number of hydrogen-bond donors (Lipinski definition) is 1. The highest BCUT2D eigenvalue weighted by molar-refractivity contribution is 5.97. The van der Waals surface area contributed by atoms with Gasteiger partial charge in [0, 0.05) is 19.0 Å². The summed E-state index contributed by atoms with van der Waals surface area (Å²) in [6.07, 6.45) is 0.104. The van der Waals surface area contributed by atoms with Gasteiger partial charge in [0.05, 0.1) is 13.2 Å². The lowest BCUT2D eigenvalue weighted by Gasteiger charge is -2.16. The van der Waals surface area contributed by atoms with Crippen LogP contribution in [0, 0.1) is 0 Å². The lowest BCUT2D eigenvalue weighted by molar-refractivity contribution is 0.0740. The van der Waals surface area contributed by atoms with Gasteiger partial charge in [0.1, 0.15) is 0 Å². The van der Waals surface area contributed by atoms with Crippen molar-refractivity contribution < 1.29 is 19.1 Å². The summed E-state index contributed by atoms with van der Waals surface area (Å²) in [5, 5.41) is 10.1. The molecule has 2 rings (SSSR count). The SMILES string of the molecule is COc1cccc2cc(C(=O)N(C)CCC(C)O)oc12. The second-order valence-electron chi connectivity index (χ2n) is 4.85. The summed E-state index contributed by atoms with van der Waals surface area (Å²) in [5.41, 5.74) is 0.572. The van der Waals surface area contributed by atoms with E-state index in [1.54, 1.807) is 33.2 Å². The highest BCUT2D eigenvalue weighted by Gasteiger charge is 2.18. The van der Waals surface area contributed by atoms with E-state index in [0.717, 1.165) is 5.39 Å². The van der Waals surface area contributed by atoms with Crippen molar-refractivity contribution in [2.75, 3.05) is 20.7 Å². The first-order valence-corrected chi connectivity index (χ1v) is 6.53. The number of carbonyl (C=O) groups is 1. The molecule has 1 heterocycles. The van der Waals surface area contributed by atoms with E-state index in [-0.39, 0.29) is 11.7 Å². The Morgan fingerprint density at radius 2 is 2.25 bits per heavy atom. The highest BCUT2D eigenvalue weighted by atomic mass is 16.5. The van der Waals surface area contributed by atoms with Crippen LogP contribution in [0.5, 0.6) is 5.75 Å². The standard InChI is InChI=1S/C15H19NO4/c1-10(17)7-8-16(2)15(18)13-9-11-5-4-6-12(19-3)14(11)20-13/h4-6,9-10,17H,7-8H2,1-3H3. The van der Waals surface area contributed by atoms with Crippen LogP contribution in [0.15, 0.2) is 28.7 Å². The van der Waals surface area contributed by atoms with Gasteiger partial charge >= 0.3 is 0 Å². The number of ether oxygens (including phenoxy) is 1. The third-order valence-corrected chi connectivity index (χ3v) is 3.17. The molecule has 1 N–H and O–H groups in total. The van der Waals surface area contributed by atoms with E-state index in [0.29, 0.717) is 24.3 Å². The quantitative estimate of drug-likeness (QED) is 0.910. The van der Waals surface area contributed by atoms with E-state index in [2.05, 4.69) is 0 Å². The Morgan fingerprint density at radius 3 is 2.90 bits per heavy atom. The van der Waals surface area contributed by atoms with Gasteiger partial charge in [-0.15, -0.1) is 0 Å². The van der Waals surface area contributed by atoms with Gasteiger partial charge in [0.2, 0.25) is 0 Å². The smallest absolute Gasteiger partial charge is 0.289 e. The number of aliphatic hydroxyl groups is 1. The van der Waals surface area contributed by atoms with Crippen LogP contribution in [-0.2, 0) is 0 Å². The van der Waals surface area contributed by atoms with Gasteiger partial charge in [0.15, 0.2) is 17.1 Å². The molecule has 0 bridgehead atoms. The van der Waals surface area contributed by atoms with Crippen molar-refractivity contribution in [1.29, 1.82) is 0 Å². The topological polar surface area (TPSA) is 62.9 Å². The molecule has 5 heteroatoms. The van der Waals surface area contributed by atoms with Gasteiger partial charge in [0.25, 0.3) is 5.91 Å². The molecule has 0 saturated heterocycles. The average molecular weight is 277 g/mol. The molecule has 5 nitrogen and oxygen atoms in total. The molecule has 0 spiro atoms. The fourth-order valence-corrected chi connectivity index (χ4v) is 1.97. The van der Waals surface area contributed by atoms with Gasteiger partial charge in [-0.05, 0) is 25.5 Å². The zero-order valence-corrected chi connectivity index (χ0v) is 11.9. The lowest BCUT2D eigenvalue weighted by Crippen LogP contribution is -2.29. The predicted molar refractivity (Wildman–Crippen MR) is 76.0 cm³/mol. The number of fused-ring (bicyclic) bond motifs is 1. The lowest BCUT2D eigenvalue weighted by atomic mass is 10.2. The molecule has 1 atom stereocenters. The number of nitrogens with zero attached hydrogens (tertiary/aromatic N) is 1. The Labute approximate surface area is 117 Å². The van der Waals surface area contributed by atoms with Crippen LogP contribution in [0.3, 0.4) is 0 Å². The van der Waals surface area contributed by atoms with Gasteiger partial charge in [-0.25, -0.2) is 0 Å². The molecule has 108 valence electrons. The van der Waals surface area contributed by atoms with E-state index in [1.165, 1.54) is 4.90 Å². The molecular weight excluding hydrogens is 258 g/mol. The summed E-state index contributed by atoms with van der Waals surface area (Å²) in [6, 6.07) is 7.21. The Morgan fingerprint density at radius 1 is 1.50 bits per heavy atom. The first-order chi connectivity index (χ1) is 9.52. The third-order valence-electron chi connectivity index (χ3n) is 3.17. The number of benzene rings is 1. The number of amides is 1. The van der Waals surface area contributed by atoms with Crippen molar-refractivity contribution in [3.05, 3.63) is 30.0 Å². The van der Waals surface area contributed by atoms with Crippen LogP contribution in [-0.4, -0.2) is 42.7 Å². The second-order valence-corrected chi connectivity index (χ2v) is 4.85. The average Bonchev–Trinajstić information content (AvgIpc) is 2.87. The minimum absolute atomic E-state index is 0.205. The summed E-state index contributed by atoms with van der Waals surface area (Å²) in [7, 11) is 3.25. The van der Waals surface area contributed by atoms with Crippen LogP contribution in [0.25, 0.3) is 11.0 Å². The monoisotopic (exact) mass is 277 g/mol. The van der Waals surface area contributed by atoms with Gasteiger partial charge in [-0.2, -0.15) is 0 Å². The highest BCUT2D eigenvalue weighted by Crippen LogP contribution is 2.28. The Hall–Kier alpha value is -2.01. The maximum absolute atomic E-state index is 12.2. The largest absolute Gasteiger partial charge is 0.493 e. The van der Waals surface area contributed by atoms with Gasteiger partial charge < -0.3 is 19.2 Å². The van der Waals surface area contributed by atoms with Crippen molar-refractivity contribution in [3.8, 4) is 5.75 Å². The zero-order chi connectivity index (χ0) is 14.7. The molecule has 0 radical (unpaired) electrons. The summed E-state index contributed by atoms with van der Waals surface area (Å²) in [4.78, 5) is 13.8. The van der Waals surface area contributed by atoms with Gasteiger partial charge in [-0.3, -0.25) is 4.79 Å².